The minimum absolute atomic E-state index is 0.152. The van der Waals surface area contributed by atoms with E-state index in [1.165, 1.54) is 18.9 Å². The minimum Gasteiger partial charge on any atom is -0.383 e. The average molecular weight is 296 g/mol. The number of rotatable bonds is 10. The van der Waals surface area contributed by atoms with Gasteiger partial charge in [-0.3, -0.25) is 0 Å². The van der Waals surface area contributed by atoms with Crippen molar-refractivity contribution in [2.75, 3.05) is 45.4 Å². The first kappa shape index (κ1) is 16.2. The Morgan fingerprint density at radius 2 is 2.00 bits per heavy atom. The molecule has 0 heterocycles. The molecule has 0 spiro atoms. The van der Waals surface area contributed by atoms with Crippen molar-refractivity contribution < 1.29 is 13.9 Å². The van der Waals surface area contributed by atoms with Gasteiger partial charge in [0, 0.05) is 51.1 Å². The van der Waals surface area contributed by atoms with Gasteiger partial charge in [0.2, 0.25) is 0 Å². The molecule has 1 fully saturated rings. The molecular formula is C16H25FN2O2. The molecule has 0 saturated heterocycles. The number of benzene rings is 1. The van der Waals surface area contributed by atoms with Gasteiger partial charge in [0.15, 0.2) is 0 Å². The maximum Gasteiger partial charge on any atom is 0.129 e. The monoisotopic (exact) mass is 296 g/mol. The van der Waals surface area contributed by atoms with Gasteiger partial charge in [0.05, 0.1) is 13.2 Å². The Bertz CT molecular complexity index is 438. The summed E-state index contributed by atoms with van der Waals surface area (Å²) in [7, 11) is 3.36. The number of nitrogens with one attached hydrogen (secondary N) is 1. The smallest absolute Gasteiger partial charge is 0.129 e. The molecule has 118 valence electrons. The molecule has 0 amide bonds. The first-order chi connectivity index (χ1) is 10.3. The lowest BCUT2D eigenvalue weighted by Gasteiger charge is -2.27. The molecule has 0 aliphatic heterocycles. The van der Waals surface area contributed by atoms with Gasteiger partial charge in [-0.1, -0.05) is 6.07 Å². The molecule has 1 aliphatic carbocycles. The highest BCUT2D eigenvalue weighted by atomic mass is 19.1. The van der Waals surface area contributed by atoms with E-state index >= 15 is 0 Å². The first-order valence-electron chi connectivity index (χ1n) is 7.50. The van der Waals surface area contributed by atoms with Gasteiger partial charge < -0.3 is 19.7 Å². The van der Waals surface area contributed by atoms with Gasteiger partial charge in [-0.25, -0.2) is 4.39 Å². The maximum absolute atomic E-state index is 14.2. The molecule has 0 atom stereocenters. The summed E-state index contributed by atoms with van der Waals surface area (Å²) in [5.74, 6) is -0.152. The molecule has 21 heavy (non-hydrogen) atoms. The Kier molecular flexibility index (Phi) is 6.42. The van der Waals surface area contributed by atoms with E-state index in [-0.39, 0.29) is 5.82 Å². The molecule has 0 aromatic heterocycles. The second-order valence-corrected chi connectivity index (χ2v) is 5.32. The third-order valence-corrected chi connectivity index (χ3v) is 3.71. The fourth-order valence-electron chi connectivity index (χ4n) is 2.45. The van der Waals surface area contributed by atoms with Crippen LogP contribution in [0.4, 0.5) is 10.1 Å². The van der Waals surface area contributed by atoms with Crippen LogP contribution in [-0.4, -0.2) is 46.6 Å². The van der Waals surface area contributed by atoms with Crippen molar-refractivity contribution in [3.05, 3.63) is 29.6 Å². The molecule has 1 saturated carbocycles. The van der Waals surface area contributed by atoms with Crippen molar-refractivity contribution in [3.8, 4) is 0 Å². The van der Waals surface area contributed by atoms with Gasteiger partial charge >= 0.3 is 0 Å². The maximum atomic E-state index is 14.2. The zero-order valence-electron chi connectivity index (χ0n) is 12.9. The lowest BCUT2D eigenvalue weighted by molar-refractivity contribution is 0.199. The average Bonchev–Trinajstić information content (AvgIpc) is 3.31. The molecular weight excluding hydrogens is 271 g/mol. The SMILES string of the molecule is COCCNCc1c(F)cccc1N(CCOC)C1CC1. The van der Waals surface area contributed by atoms with Crippen LogP contribution in [0.3, 0.4) is 0 Å². The standard InChI is InChI=1S/C16H25FN2O2/c1-20-10-8-18-12-14-15(17)4-3-5-16(14)19(9-11-21-2)13-6-7-13/h3-5,13,18H,6-12H2,1-2H3. The Labute approximate surface area is 126 Å². The number of halogens is 1. The predicted octanol–water partition coefficient (Wildman–Crippen LogP) is 2.18. The van der Waals surface area contributed by atoms with Gasteiger partial charge in [-0.15, -0.1) is 0 Å². The largest absolute Gasteiger partial charge is 0.383 e. The van der Waals surface area contributed by atoms with Crippen LogP contribution in [0.25, 0.3) is 0 Å². The van der Waals surface area contributed by atoms with Crippen LogP contribution in [0.2, 0.25) is 0 Å². The summed E-state index contributed by atoms with van der Waals surface area (Å²) in [6.07, 6.45) is 2.35. The Hall–Kier alpha value is -1.17. The van der Waals surface area contributed by atoms with Crippen molar-refractivity contribution in [2.45, 2.75) is 25.4 Å². The van der Waals surface area contributed by atoms with Crippen LogP contribution < -0.4 is 10.2 Å². The fraction of sp³-hybridized carbons (Fsp3) is 0.625. The molecule has 0 unspecified atom stereocenters. The number of anilines is 1. The first-order valence-corrected chi connectivity index (χ1v) is 7.50. The van der Waals surface area contributed by atoms with E-state index < -0.39 is 0 Å². The second kappa shape index (κ2) is 8.32. The number of hydrogen-bond acceptors (Lipinski definition) is 4. The van der Waals surface area contributed by atoms with E-state index in [0.29, 0.717) is 32.3 Å². The van der Waals surface area contributed by atoms with Crippen LogP contribution in [0.15, 0.2) is 18.2 Å². The van der Waals surface area contributed by atoms with Gasteiger partial charge in [0.1, 0.15) is 5.82 Å². The van der Waals surface area contributed by atoms with Gasteiger partial charge in [-0.2, -0.15) is 0 Å². The Morgan fingerprint density at radius 3 is 2.67 bits per heavy atom. The van der Waals surface area contributed by atoms with Crippen molar-refractivity contribution in [1.82, 2.24) is 5.32 Å². The highest BCUT2D eigenvalue weighted by molar-refractivity contribution is 5.56. The third-order valence-electron chi connectivity index (χ3n) is 3.71. The van der Waals surface area contributed by atoms with Gasteiger partial charge in [0.25, 0.3) is 0 Å². The topological polar surface area (TPSA) is 33.7 Å². The Balaban J connectivity index is 2.10. The van der Waals surface area contributed by atoms with Crippen molar-refractivity contribution in [3.63, 3.8) is 0 Å². The van der Waals surface area contributed by atoms with E-state index in [9.17, 15) is 4.39 Å². The molecule has 4 nitrogen and oxygen atoms in total. The van der Waals surface area contributed by atoms with Gasteiger partial charge in [-0.05, 0) is 25.0 Å². The van der Waals surface area contributed by atoms with Crippen LogP contribution >= 0.6 is 0 Å². The zero-order chi connectivity index (χ0) is 15.1. The summed E-state index contributed by atoms with van der Waals surface area (Å²) in [6.45, 7) is 3.31. The molecule has 1 aromatic carbocycles. The molecule has 1 aliphatic rings. The number of methoxy groups -OCH3 is 2. The predicted molar refractivity (Wildman–Crippen MR) is 82.2 cm³/mol. The second-order valence-electron chi connectivity index (χ2n) is 5.32. The van der Waals surface area contributed by atoms with E-state index in [1.54, 1.807) is 20.3 Å². The van der Waals surface area contributed by atoms with Crippen LogP contribution in [-0.2, 0) is 16.0 Å². The lowest BCUT2D eigenvalue weighted by Crippen LogP contribution is -2.31. The van der Waals surface area contributed by atoms with Crippen LogP contribution in [0.1, 0.15) is 18.4 Å². The fourth-order valence-corrected chi connectivity index (χ4v) is 2.45. The van der Waals surface area contributed by atoms with Crippen LogP contribution in [0, 0.1) is 5.82 Å². The molecule has 2 rings (SSSR count). The summed E-state index contributed by atoms with van der Waals surface area (Å²) in [4.78, 5) is 2.28. The highest BCUT2D eigenvalue weighted by Gasteiger charge is 2.30. The third kappa shape index (κ3) is 4.66. The minimum atomic E-state index is -0.152. The Morgan fingerprint density at radius 1 is 1.24 bits per heavy atom. The number of ether oxygens (including phenoxy) is 2. The number of nitrogens with zero attached hydrogens (tertiary/aromatic N) is 1. The lowest BCUT2D eigenvalue weighted by atomic mass is 10.1. The summed E-state index contributed by atoms with van der Waals surface area (Å²) in [5, 5.41) is 3.23. The molecule has 0 radical (unpaired) electrons. The molecule has 1 N–H and O–H groups in total. The summed E-state index contributed by atoms with van der Waals surface area (Å²) >= 11 is 0. The highest BCUT2D eigenvalue weighted by Crippen LogP contribution is 2.34. The van der Waals surface area contributed by atoms with E-state index in [2.05, 4.69) is 10.2 Å². The molecule has 0 bridgehead atoms. The van der Waals surface area contributed by atoms with Crippen molar-refractivity contribution in [2.24, 2.45) is 0 Å². The summed E-state index contributed by atoms with van der Waals surface area (Å²) in [5.41, 5.74) is 1.72. The van der Waals surface area contributed by atoms with E-state index in [4.69, 9.17) is 9.47 Å². The van der Waals surface area contributed by atoms with E-state index in [0.717, 1.165) is 17.8 Å². The quantitative estimate of drug-likeness (QED) is 0.671. The van der Waals surface area contributed by atoms with Crippen LogP contribution in [0.5, 0.6) is 0 Å². The molecule has 5 heteroatoms. The number of hydrogen-bond donors (Lipinski definition) is 1. The van der Waals surface area contributed by atoms with E-state index in [1.807, 2.05) is 6.07 Å². The van der Waals surface area contributed by atoms with Crippen molar-refractivity contribution in [1.29, 1.82) is 0 Å². The summed E-state index contributed by atoms with van der Waals surface area (Å²) in [6, 6.07) is 5.84. The molecule has 1 aromatic rings. The normalized spacial score (nSPS) is 14.4. The van der Waals surface area contributed by atoms with Crippen molar-refractivity contribution >= 4 is 5.69 Å². The summed E-state index contributed by atoms with van der Waals surface area (Å²) < 4.78 is 24.4. The zero-order valence-corrected chi connectivity index (χ0v) is 12.9.